The summed E-state index contributed by atoms with van der Waals surface area (Å²) in [7, 11) is 0. The minimum absolute atomic E-state index is 0. The Morgan fingerprint density at radius 2 is 1.50 bits per heavy atom. The van der Waals surface area contributed by atoms with E-state index in [0.29, 0.717) is 5.92 Å². The van der Waals surface area contributed by atoms with Gasteiger partial charge in [-0.1, -0.05) is 21.3 Å². The summed E-state index contributed by atoms with van der Waals surface area (Å²) >= 11 is 0. The summed E-state index contributed by atoms with van der Waals surface area (Å²) in [4.78, 5) is 0. The first-order chi connectivity index (χ1) is 6.76. The van der Waals surface area contributed by atoms with Gasteiger partial charge >= 0.3 is 0 Å². The highest BCUT2D eigenvalue weighted by molar-refractivity contribution is 4.87. The van der Waals surface area contributed by atoms with Gasteiger partial charge < -0.3 is 14.2 Å². The summed E-state index contributed by atoms with van der Waals surface area (Å²) in [6.07, 6.45) is 4.92. The Kier molecular flexibility index (Phi) is 7.20. The van der Waals surface area contributed by atoms with Crippen LogP contribution in [0.5, 0.6) is 0 Å². The molecule has 16 heavy (non-hydrogen) atoms. The lowest BCUT2D eigenvalue weighted by Gasteiger charge is -2.32. The topological polar surface area (TPSA) is 27.7 Å². The van der Waals surface area contributed by atoms with Crippen LogP contribution >= 0.6 is 0 Å². The van der Waals surface area contributed by atoms with E-state index in [-0.39, 0.29) is 19.3 Å². The zero-order valence-corrected chi connectivity index (χ0v) is 9.79. The summed E-state index contributed by atoms with van der Waals surface area (Å²) in [5.74, 6) is 2.68. The molecular formula is C13H22O3. The molecular weight excluding hydrogens is 204 g/mol. The van der Waals surface area contributed by atoms with Crippen LogP contribution in [0.25, 0.3) is 0 Å². The second kappa shape index (κ2) is 6.84. The van der Waals surface area contributed by atoms with Crippen LogP contribution in [0, 0.1) is 18.3 Å². The summed E-state index contributed by atoms with van der Waals surface area (Å²) < 4.78 is 14.9. The minimum Gasteiger partial charge on any atom is -0.423 e. The van der Waals surface area contributed by atoms with Gasteiger partial charge in [-0.25, -0.2) is 0 Å². The Morgan fingerprint density at radius 3 is 1.69 bits per heavy atom. The largest absolute Gasteiger partial charge is 0.423 e. The molecule has 0 spiro atoms. The quantitative estimate of drug-likeness (QED) is 0.590. The van der Waals surface area contributed by atoms with E-state index in [4.69, 9.17) is 20.6 Å². The van der Waals surface area contributed by atoms with Crippen LogP contribution in [-0.2, 0) is 14.2 Å². The monoisotopic (exact) mass is 226 g/mol. The lowest BCUT2D eigenvalue weighted by atomic mass is 10.2. The number of ether oxygens (including phenoxy) is 3. The molecule has 1 rings (SSSR count). The molecule has 3 heteroatoms. The first-order valence-electron chi connectivity index (χ1n) is 4.66. The molecule has 0 bridgehead atoms. The number of hydrogen-bond donors (Lipinski definition) is 0. The third kappa shape index (κ3) is 7.81. The zero-order chi connectivity index (χ0) is 12.1. The summed E-state index contributed by atoms with van der Waals surface area (Å²) in [5, 5.41) is 0. The third-order valence-corrected chi connectivity index (χ3v) is 1.28. The van der Waals surface area contributed by atoms with Crippen molar-refractivity contribution in [3.8, 4) is 12.3 Å². The van der Waals surface area contributed by atoms with E-state index >= 15 is 0 Å². The molecule has 0 aromatic carbocycles. The van der Waals surface area contributed by atoms with Gasteiger partial charge in [-0.15, -0.1) is 12.3 Å². The first kappa shape index (κ1) is 16.9. The summed E-state index contributed by atoms with van der Waals surface area (Å²) in [5.41, 5.74) is 0. The van der Waals surface area contributed by atoms with E-state index in [9.17, 15) is 0 Å². The molecule has 3 nitrogen and oxygen atoms in total. The van der Waals surface area contributed by atoms with E-state index in [1.807, 2.05) is 13.8 Å². The zero-order valence-electron chi connectivity index (χ0n) is 9.79. The fourth-order valence-electron chi connectivity index (χ4n) is 0.738. The van der Waals surface area contributed by atoms with Crippen molar-refractivity contribution in [3.63, 3.8) is 0 Å². The van der Waals surface area contributed by atoms with Crippen LogP contribution in [-0.4, -0.2) is 5.79 Å². The number of hydrogen-bond acceptors (Lipinski definition) is 3. The van der Waals surface area contributed by atoms with Gasteiger partial charge in [0.15, 0.2) is 0 Å². The van der Waals surface area contributed by atoms with Crippen molar-refractivity contribution in [3.05, 3.63) is 25.0 Å². The molecule has 1 aliphatic rings. The van der Waals surface area contributed by atoms with Crippen molar-refractivity contribution < 1.29 is 14.2 Å². The van der Waals surface area contributed by atoms with Crippen molar-refractivity contribution >= 4 is 0 Å². The highest BCUT2D eigenvalue weighted by atomic mass is 16.9. The van der Waals surface area contributed by atoms with Crippen LogP contribution in [0.2, 0.25) is 0 Å². The van der Waals surface area contributed by atoms with Gasteiger partial charge in [0, 0.05) is 19.8 Å². The minimum atomic E-state index is -0.702. The Balaban J connectivity index is 0. The molecule has 0 radical (unpaired) electrons. The van der Waals surface area contributed by atoms with Gasteiger partial charge in [-0.2, -0.15) is 0 Å². The average Bonchev–Trinajstić information content (AvgIpc) is 2.00. The fourth-order valence-corrected chi connectivity index (χ4v) is 0.738. The van der Waals surface area contributed by atoms with E-state index in [1.54, 1.807) is 13.8 Å². The van der Waals surface area contributed by atoms with Crippen LogP contribution < -0.4 is 0 Å². The van der Waals surface area contributed by atoms with Gasteiger partial charge in [0.25, 0.3) is 17.7 Å². The van der Waals surface area contributed by atoms with Gasteiger partial charge in [0.1, 0.15) is 0 Å². The highest BCUT2D eigenvalue weighted by Gasteiger charge is 2.29. The predicted octanol–water partition coefficient (Wildman–Crippen LogP) is 3.64. The fraction of sp³-hybridized carbons (Fsp3) is 0.538. The standard InChI is InChI=1S/C7H10O3.C5H8.CH4/c1-5-8-6(2)10-7(3,4)9-5;1-4-5(2)3;/h1-2H2,3-4H3;1,5H,2-3H3;1H4. The van der Waals surface area contributed by atoms with Crippen molar-refractivity contribution in [1.29, 1.82) is 0 Å². The molecule has 1 fully saturated rings. The SMILES string of the molecule is C.C#CC(C)C.C=C1OC(=C)OC(C)(C)O1. The van der Waals surface area contributed by atoms with Gasteiger partial charge in [0.2, 0.25) is 0 Å². The second-order valence-electron chi connectivity index (χ2n) is 3.77. The van der Waals surface area contributed by atoms with Gasteiger partial charge in [-0.3, -0.25) is 0 Å². The van der Waals surface area contributed by atoms with Crippen molar-refractivity contribution in [1.82, 2.24) is 0 Å². The summed E-state index contributed by atoms with van der Waals surface area (Å²) in [6.45, 7) is 14.4. The van der Waals surface area contributed by atoms with Crippen molar-refractivity contribution in [2.24, 2.45) is 5.92 Å². The predicted molar refractivity (Wildman–Crippen MR) is 66.0 cm³/mol. The Labute approximate surface area is 99.1 Å². The second-order valence-corrected chi connectivity index (χ2v) is 3.77. The number of rotatable bonds is 0. The van der Waals surface area contributed by atoms with Crippen molar-refractivity contribution in [2.45, 2.75) is 40.9 Å². The molecule has 0 aromatic rings. The molecule has 0 N–H and O–H groups in total. The smallest absolute Gasteiger partial charge is 0.282 e. The third-order valence-electron chi connectivity index (χ3n) is 1.28. The lowest BCUT2D eigenvalue weighted by Crippen LogP contribution is -2.32. The molecule has 1 heterocycles. The van der Waals surface area contributed by atoms with Crippen LogP contribution in [0.1, 0.15) is 35.1 Å². The van der Waals surface area contributed by atoms with Crippen LogP contribution in [0.3, 0.4) is 0 Å². The molecule has 1 aliphatic heterocycles. The average molecular weight is 226 g/mol. The molecule has 1 saturated heterocycles. The maximum Gasteiger partial charge on any atom is 0.282 e. The Bertz CT molecular complexity index is 264. The molecule has 0 atom stereocenters. The van der Waals surface area contributed by atoms with Crippen molar-refractivity contribution in [2.75, 3.05) is 0 Å². The molecule has 92 valence electrons. The molecule has 0 amide bonds. The molecule has 0 aliphatic carbocycles. The van der Waals surface area contributed by atoms with E-state index in [0.717, 1.165) is 0 Å². The van der Waals surface area contributed by atoms with Crippen LogP contribution in [0.15, 0.2) is 25.0 Å². The van der Waals surface area contributed by atoms with E-state index < -0.39 is 5.79 Å². The lowest BCUT2D eigenvalue weighted by molar-refractivity contribution is -0.259. The van der Waals surface area contributed by atoms with E-state index in [1.165, 1.54) is 0 Å². The maximum absolute atomic E-state index is 5.04. The maximum atomic E-state index is 5.04. The number of terminal acetylenes is 1. The van der Waals surface area contributed by atoms with E-state index in [2.05, 4.69) is 19.1 Å². The van der Waals surface area contributed by atoms with Crippen LogP contribution in [0.4, 0.5) is 0 Å². The van der Waals surface area contributed by atoms with Gasteiger partial charge in [-0.05, 0) is 13.2 Å². The van der Waals surface area contributed by atoms with Gasteiger partial charge in [0.05, 0.1) is 0 Å². The Hall–Kier alpha value is -1.56. The first-order valence-corrected chi connectivity index (χ1v) is 4.66. The molecule has 0 unspecified atom stereocenters. The Morgan fingerprint density at radius 1 is 1.19 bits per heavy atom. The molecule has 0 aromatic heterocycles. The normalized spacial score (nSPS) is 16.5. The highest BCUT2D eigenvalue weighted by Crippen LogP contribution is 2.26. The summed E-state index contributed by atoms with van der Waals surface area (Å²) in [6, 6.07) is 0. The molecule has 0 saturated carbocycles.